The lowest BCUT2D eigenvalue weighted by Crippen LogP contribution is -2.81. The highest BCUT2D eigenvalue weighted by molar-refractivity contribution is 5.12. The van der Waals surface area contributed by atoms with Gasteiger partial charge in [-0.25, -0.2) is 0 Å². The lowest BCUT2D eigenvalue weighted by Gasteiger charge is -2.55. The van der Waals surface area contributed by atoms with Crippen LogP contribution in [0.25, 0.3) is 0 Å². The second-order valence-electron chi connectivity index (χ2n) is 5.96. The normalized spacial score (nSPS) is 52.2. The van der Waals surface area contributed by atoms with Gasteiger partial charge in [-0.3, -0.25) is 0 Å². The van der Waals surface area contributed by atoms with Crippen LogP contribution in [-0.4, -0.2) is 125 Å². The van der Waals surface area contributed by atoms with Crippen LogP contribution >= 0.6 is 0 Å². The summed E-state index contributed by atoms with van der Waals surface area (Å²) in [5, 5.41) is 98.1. The number of hydrogen-bond acceptors (Lipinski definition) is 12. The first-order valence-corrected chi connectivity index (χ1v) is 7.15. The molecule has 0 saturated carbocycles. The molecule has 0 amide bonds. The van der Waals surface area contributed by atoms with E-state index in [0.29, 0.717) is 0 Å². The van der Waals surface area contributed by atoms with Crippen LogP contribution in [0, 0.1) is 0 Å². The van der Waals surface area contributed by atoms with Crippen LogP contribution in [0.1, 0.15) is 0 Å². The Morgan fingerprint density at radius 1 is 0.708 bits per heavy atom. The summed E-state index contributed by atoms with van der Waals surface area (Å²) in [5.74, 6) is -3.62. The Balaban J connectivity index is 2.42. The molecule has 2 heterocycles. The highest BCUT2D eigenvalue weighted by Gasteiger charge is 2.70. The van der Waals surface area contributed by atoms with Crippen molar-refractivity contribution in [1.29, 1.82) is 0 Å². The molecular weight excluding hydrogens is 336 g/mol. The van der Waals surface area contributed by atoms with Crippen molar-refractivity contribution in [3.8, 4) is 0 Å². The maximum absolute atomic E-state index is 10.6. The smallest absolute Gasteiger partial charge is 0.314 e. The molecule has 142 valence electrons. The maximum atomic E-state index is 10.6. The molecule has 1 unspecified atom stereocenters. The fraction of sp³-hybridized carbons (Fsp3) is 1.00. The van der Waals surface area contributed by atoms with E-state index >= 15 is 0 Å². The lowest BCUT2D eigenvalue weighted by atomic mass is 9.75. The quantitative estimate of drug-likeness (QED) is 0.213. The molecule has 0 aromatic carbocycles. The molecule has 0 radical (unpaired) electrons. The zero-order valence-electron chi connectivity index (χ0n) is 12.3. The molecule has 2 saturated heterocycles. The molecule has 0 spiro atoms. The summed E-state index contributed by atoms with van der Waals surface area (Å²) in [4.78, 5) is 0. The number of aliphatic hydroxyl groups is 10. The number of rotatable bonds is 3. The molecule has 0 aromatic rings. The Labute approximate surface area is 135 Å². The van der Waals surface area contributed by atoms with Crippen LogP contribution < -0.4 is 0 Å². The Morgan fingerprint density at radius 3 is 1.75 bits per heavy atom. The van der Waals surface area contributed by atoms with Gasteiger partial charge in [-0.1, -0.05) is 0 Å². The second-order valence-corrected chi connectivity index (χ2v) is 5.96. The van der Waals surface area contributed by atoms with Crippen LogP contribution in [-0.2, 0) is 9.47 Å². The van der Waals surface area contributed by atoms with Crippen molar-refractivity contribution < 1.29 is 60.5 Å². The van der Waals surface area contributed by atoms with Crippen molar-refractivity contribution in [3.05, 3.63) is 0 Å². The first-order valence-electron chi connectivity index (χ1n) is 7.15. The molecule has 0 aliphatic carbocycles. The summed E-state index contributed by atoms with van der Waals surface area (Å²) in [7, 11) is 0. The van der Waals surface area contributed by atoms with Crippen molar-refractivity contribution in [3.63, 3.8) is 0 Å². The van der Waals surface area contributed by atoms with Gasteiger partial charge in [0.05, 0.1) is 13.2 Å². The zero-order chi connectivity index (χ0) is 18.4. The van der Waals surface area contributed by atoms with Gasteiger partial charge in [0.25, 0.3) is 0 Å². The van der Waals surface area contributed by atoms with Crippen LogP contribution in [0.15, 0.2) is 0 Å². The third kappa shape index (κ3) is 2.74. The summed E-state index contributed by atoms with van der Waals surface area (Å²) >= 11 is 0. The Morgan fingerprint density at radius 2 is 1.25 bits per heavy atom. The van der Waals surface area contributed by atoms with Crippen molar-refractivity contribution in [2.75, 3.05) is 13.2 Å². The topological polar surface area (TPSA) is 221 Å². The average molecular weight is 358 g/mol. The third-order valence-corrected chi connectivity index (χ3v) is 4.50. The Hall–Kier alpha value is -0.480. The largest absolute Gasteiger partial charge is 0.394 e. The lowest BCUT2D eigenvalue weighted by molar-refractivity contribution is -0.490. The molecule has 2 fully saturated rings. The van der Waals surface area contributed by atoms with E-state index in [2.05, 4.69) is 4.74 Å². The molecule has 2 rings (SSSR count). The Kier molecular flexibility index (Phi) is 5.52. The van der Waals surface area contributed by atoms with Crippen molar-refractivity contribution in [1.82, 2.24) is 0 Å². The molecule has 12 nitrogen and oxygen atoms in total. The molecule has 0 bridgehead atoms. The third-order valence-electron chi connectivity index (χ3n) is 4.50. The van der Waals surface area contributed by atoms with Gasteiger partial charge in [-0.2, -0.15) is 0 Å². The zero-order valence-corrected chi connectivity index (χ0v) is 12.3. The van der Waals surface area contributed by atoms with Gasteiger partial charge in [-0.15, -0.1) is 0 Å². The first kappa shape index (κ1) is 19.8. The van der Waals surface area contributed by atoms with Crippen LogP contribution in [0.5, 0.6) is 0 Å². The van der Waals surface area contributed by atoms with Crippen LogP contribution in [0.2, 0.25) is 0 Å². The summed E-state index contributed by atoms with van der Waals surface area (Å²) < 4.78 is 9.56. The highest BCUT2D eigenvalue weighted by Crippen LogP contribution is 2.42. The molecular formula is C12H22O12. The summed E-state index contributed by atoms with van der Waals surface area (Å²) in [5.41, 5.74) is -3.30. The molecule has 9 atom stereocenters. The fourth-order valence-electron chi connectivity index (χ4n) is 3.00. The Bertz CT molecular complexity index is 444. The van der Waals surface area contributed by atoms with E-state index in [1.165, 1.54) is 0 Å². The monoisotopic (exact) mass is 358 g/mol. The van der Waals surface area contributed by atoms with E-state index in [0.717, 1.165) is 0 Å². The minimum atomic E-state index is -3.62. The standard InChI is InChI=1S/C12H22O12/c13-1-3-5(15)7(17)8(18)10(23-3)11(20)9(19)6(16)4(2-14)24-12(11,21)22/h3-10,13-22H,1-2H2/t3-,4-,5+,6-,7+,8-,9+,10?,11+/m1/s1. The van der Waals surface area contributed by atoms with Gasteiger partial charge >= 0.3 is 5.97 Å². The SMILES string of the molecule is OC[C@H]1OC([C@@]2(O)[C@@H](O)[C@H](O)[C@@H](CO)OC2(O)O)[C@H](O)[C@@H](O)[C@H]1O. The fourth-order valence-corrected chi connectivity index (χ4v) is 3.00. The summed E-state index contributed by atoms with van der Waals surface area (Å²) in [6, 6.07) is 0. The van der Waals surface area contributed by atoms with Crippen molar-refractivity contribution in [2.45, 2.75) is 60.4 Å². The predicted molar refractivity (Wildman–Crippen MR) is 69.9 cm³/mol. The molecule has 12 heteroatoms. The average Bonchev–Trinajstić information content (AvgIpc) is 2.54. The van der Waals surface area contributed by atoms with E-state index < -0.39 is 73.6 Å². The van der Waals surface area contributed by atoms with Crippen molar-refractivity contribution >= 4 is 0 Å². The molecule has 2 aliphatic heterocycles. The van der Waals surface area contributed by atoms with Crippen LogP contribution in [0.4, 0.5) is 0 Å². The number of ether oxygens (including phenoxy) is 2. The van der Waals surface area contributed by atoms with Gasteiger partial charge in [0.1, 0.15) is 48.8 Å². The van der Waals surface area contributed by atoms with Crippen molar-refractivity contribution in [2.24, 2.45) is 0 Å². The van der Waals surface area contributed by atoms with Gasteiger partial charge in [0.15, 0.2) is 0 Å². The second kappa shape index (κ2) is 6.68. The van der Waals surface area contributed by atoms with E-state index in [9.17, 15) is 40.9 Å². The maximum Gasteiger partial charge on any atom is 0.314 e. The van der Waals surface area contributed by atoms with Gasteiger partial charge in [0.2, 0.25) is 5.60 Å². The van der Waals surface area contributed by atoms with Gasteiger partial charge in [0, 0.05) is 0 Å². The van der Waals surface area contributed by atoms with Gasteiger partial charge < -0.3 is 60.5 Å². The predicted octanol–water partition coefficient (Wildman–Crippen LogP) is -6.69. The van der Waals surface area contributed by atoms with E-state index in [1.54, 1.807) is 0 Å². The number of aliphatic hydroxyl groups excluding tert-OH is 7. The molecule has 0 aromatic heterocycles. The minimum Gasteiger partial charge on any atom is -0.394 e. The highest BCUT2D eigenvalue weighted by atomic mass is 16.8. The minimum absolute atomic E-state index is 0.875. The first-order chi connectivity index (χ1) is 11.0. The number of hydrogen-bond donors (Lipinski definition) is 10. The van der Waals surface area contributed by atoms with E-state index in [1.807, 2.05) is 0 Å². The van der Waals surface area contributed by atoms with E-state index in [-0.39, 0.29) is 0 Å². The van der Waals surface area contributed by atoms with E-state index in [4.69, 9.17) is 14.9 Å². The summed E-state index contributed by atoms with van der Waals surface area (Å²) in [6.45, 7) is -1.81. The molecule has 24 heavy (non-hydrogen) atoms. The summed E-state index contributed by atoms with van der Waals surface area (Å²) in [6.07, 6.45) is -15.7. The van der Waals surface area contributed by atoms with Gasteiger partial charge in [-0.05, 0) is 0 Å². The molecule has 2 aliphatic rings. The van der Waals surface area contributed by atoms with Crippen LogP contribution in [0.3, 0.4) is 0 Å². The molecule has 10 N–H and O–H groups in total.